The number of carboxylic acids is 2. The third kappa shape index (κ3) is 7.45. The molecular formula is C26H25NO9. The van der Waals surface area contributed by atoms with Crippen molar-refractivity contribution < 1.29 is 43.6 Å². The second-order valence-electron chi connectivity index (χ2n) is 7.73. The maximum absolute atomic E-state index is 13.3. The monoisotopic (exact) mass is 495 g/mol. The molecule has 0 spiro atoms. The number of amides is 1. The van der Waals surface area contributed by atoms with Gasteiger partial charge in [-0.25, -0.2) is 14.4 Å². The van der Waals surface area contributed by atoms with Gasteiger partial charge in [0, 0.05) is 11.1 Å². The first-order chi connectivity index (χ1) is 17.2. The molecule has 10 nitrogen and oxygen atoms in total. The molecule has 36 heavy (non-hydrogen) atoms. The summed E-state index contributed by atoms with van der Waals surface area (Å²) in [5.41, 5.74) is 2.10. The number of rotatable bonds is 9. The Balaban J connectivity index is 1.84. The van der Waals surface area contributed by atoms with Gasteiger partial charge in [-0.2, -0.15) is 0 Å². The molecule has 1 fully saturated rings. The van der Waals surface area contributed by atoms with Crippen LogP contribution in [0.4, 0.5) is 4.79 Å². The van der Waals surface area contributed by atoms with Gasteiger partial charge in [0.25, 0.3) is 0 Å². The lowest BCUT2D eigenvalue weighted by molar-refractivity contribution is -0.140. The van der Waals surface area contributed by atoms with E-state index in [2.05, 4.69) is 0 Å². The number of likely N-dealkylation sites (tertiary alicyclic amines) is 1. The topological polar surface area (TPSA) is 140 Å². The van der Waals surface area contributed by atoms with Crippen molar-refractivity contribution in [3.8, 4) is 11.5 Å². The Bertz CT molecular complexity index is 1100. The molecule has 0 saturated carbocycles. The van der Waals surface area contributed by atoms with Crippen LogP contribution in [0.25, 0.3) is 12.2 Å². The molecule has 3 rings (SSSR count). The summed E-state index contributed by atoms with van der Waals surface area (Å²) < 4.78 is 15.4. The maximum atomic E-state index is 13.3. The minimum atomic E-state index is -1.09. The number of ketones is 1. The summed E-state index contributed by atoms with van der Waals surface area (Å²) in [6, 6.07) is 13.1. The van der Waals surface area contributed by atoms with Gasteiger partial charge in [-0.05, 0) is 54.5 Å². The van der Waals surface area contributed by atoms with Crippen LogP contribution < -0.4 is 9.47 Å². The molecule has 1 aliphatic rings. The number of piperidine rings is 1. The van der Waals surface area contributed by atoms with E-state index in [0.717, 1.165) is 0 Å². The summed E-state index contributed by atoms with van der Waals surface area (Å²) >= 11 is 0. The molecule has 1 amide bonds. The van der Waals surface area contributed by atoms with Crippen LogP contribution in [-0.4, -0.2) is 71.8 Å². The third-order valence-electron chi connectivity index (χ3n) is 5.00. The number of carbonyl (C=O) groups is 4. The van der Waals surface area contributed by atoms with Gasteiger partial charge >= 0.3 is 18.0 Å². The first-order valence-corrected chi connectivity index (χ1v) is 11.0. The number of benzene rings is 2. The predicted octanol–water partition coefficient (Wildman–Crippen LogP) is 3.12. The molecule has 10 heteroatoms. The maximum Gasteiger partial charge on any atom is 0.410 e. The van der Waals surface area contributed by atoms with E-state index in [-0.39, 0.29) is 25.5 Å². The Labute approximate surface area is 207 Å². The number of carbonyl (C=O) groups excluding carboxylic acids is 2. The summed E-state index contributed by atoms with van der Waals surface area (Å²) in [4.78, 5) is 48.4. The highest BCUT2D eigenvalue weighted by molar-refractivity contribution is 6.15. The van der Waals surface area contributed by atoms with Crippen LogP contribution in [0.3, 0.4) is 0 Å². The van der Waals surface area contributed by atoms with E-state index < -0.39 is 31.2 Å². The Morgan fingerprint density at radius 1 is 0.806 bits per heavy atom. The fraction of sp³-hybridized carbons (Fsp3) is 0.231. The normalized spacial score (nSPS) is 15.6. The summed E-state index contributed by atoms with van der Waals surface area (Å²) in [6.45, 7) is 1.09. The van der Waals surface area contributed by atoms with Crippen LogP contribution in [-0.2, 0) is 19.1 Å². The Morgan fingerprint density at radius 2 is 1.22 bits per heavy atom. The highest BCUT2D eigenvalue weighted by Crippen LogP contribution is 2.24. The minimum Gasteiger partial charge on any atom is -0.482 e. The van der Waals surface area contributed by atoms with Gasteiger partial charge in [-0.3, -0.25) is 9.69 Å². The third-order valence-corrected chi connectivity index (χ3v) is 5.00. The molecule has 2 aromatic carbocycles. The van der Waals surface area contributed by atoms with Crippen molar-refractivity contribution in [3.05, 3.63) is 70.8 Å². The molecule has 0 radical (unpaired) electrons. The number of ether oxygens (including phenoxy) is 3. The van der Waals surface area contributed by atoms with E-state index in [1.54, 1.807) is 67.6 Å². The van der Waals surface area contributed by atoms with E-state index in [9.17, 15) is 19.2 Å². The summed E-state index contributed by atoms with van der Waals surface area (Å²) in [7, 11) is 0. The smallest absolute Gasteiger partial charge is 0.410 e. The lowest BCUT2D eigenvalue weighted by atomic mass is 9.94. The number of nitrogens with zero attached hydrogens (tertiary/aromatic N) is 1. The summed E-state index contributed by atoms with van der Waals surface area (Å²) in [6.07, 6.45) is 2.77. The van der Waals surface area contributed by atoms with Gasteiger partial charge in [0.1, 0.15) is 11.5 Å². The van der Waals surface area contributed by atoms with E-state index in [0.29, 0.717) is 33.8 Å². The highest BCUT2D eigenvalue weighted by atomic mass is 16.6. The lowest BCUT2D eigenvalue weighted by Crippen LogP contribution is -2.41. The van der Waals surface area contributed by atoms with E-state index in [1.165, 1.54) is 4.90 Å². The van der Waals surface area contributed by atoms with E-state index in [1.807, 2.05) is 0 Å². The second kappa shape index (κ2) is 12.2. The first-order valence-electron chi connectivity index (χ1n) is 11.0. The number of carboxylic acid groups (broad SMARTS) is 2. The minimum absolute atomic E-state index is 0.0637. The van der Waals surface area contributed by atoms with Crippen LogP contribution in [0.1, 0.15) is 18.1 Å². The Kier molecular flexibility index (Phi) is 8.82. The van der Waals surface area contributed by atoms with Crippen molar-refractivity contribution in [2.45, 2.75) is 6.92 Å². The first kappa shape index (κ1) is 26.0. The molecule has 0 bridgehead atoms. The standard InChI is InChI=1S/C26H25NO9/c1-2-34-26(33)27-13-19(11-17-3-7-21(8-4-17)35-15-23(28)29)25(32)20(14-27)12-18-5-9-22(10-6-18)36-16-24(30)31/h3-12H,2,13-16H2,1H3,(H,28,29)(H,30,31)/b19-11-,20-12+. The average Bonchev–Trinajstić information content (AvgIpc) is 2.85. The van der Waals surface area contributed by atoms with Gasteiger partial charge in [-0.1, -0.05) is 24.3 Å². The molecule has 0 aliphatic carbocycles. The van der Waals surface area contributed by atoms with Gasteiger partial charge in [0.15, 0.2) is 19.0 Å². The van der Waals surface area contributed by atoms with Crippen molar-refractivity contribution in [2.75, 3.05) is 32.9 Å². The van der Waals surface area contributed by atoms with Gasteiger partial charge < -0.3 is 24.4 Å². The zero-order chi connectivity index (χ0) is 26.1. The quantitative estimate of drug-likeness (QED) is 0.502. The number of aliphatic carboxylic acids is 2. The van der Waals surface area contributed by atoms with Gasteiger partial charge in [-0.15, -0.1) is 0 Å². The molecule has 1 saturated heterocycles. The van der Waals surface area contributed by atoms with Crippen LogP contribution in [0, 0.1) is 0 Å². The highest BCUT2D eigenvalue weighted by Gasteiger charge is 2.29. The van der Waals surface area contributed by atoms with Crippen LogP contribution in [0.15, 0.2) is 59.7 Å². The van der Waals surface area contributed by atoms with Crippen molar-refractivity contribution in [2.24, 2.45) is 0 Å². The molecular weight excluding hydrogens is 470 g/mol. The van der Waals surface area contributed by atoms with E-state index >= 15 is 0 Å². The zero-order valence-electron chi connectivity index (χ0n) is 19.5. The van der Waals surface area contributed by atoms with Crippen LogP contribution in [0.2, 0.25) is 0 Å². The van der Waals surface area contributed by atoms with Crippen LogP contribution in [0.5, 0.6) is 11.5 Å². The predicted molar refractivity (Wildman–Crippen MR) is 129 cm³/mol. The number of Topliss-reactive ketones (excluding diaryl/α,β-unsaturated/α-hetero) is 1. The van der Waals surface area contributed by atoms with Gasteiger partial charge in [0.2, 0.25) is 0 Å². The molecule has 0 aromatic heterocycles. The second-order valence-corrected chi connectivity index (χ2v) is 7.73. The molecule has 1 aliphatic heterocycles. The fourth-order valence-corrected chi connectivity index (χ4v) is 3.40. The van der Waals surface area contributed by atoms with Crippen molar-refractivity contribution in [1.29, 1.82) is 0 Å². The summed E-state index contributed by atoms with van der Waals surface area (Å²) in [5, 5.41) is 17.4. The van der Waals surface area contributed by atoms with Gasteiger partial charge in [0.05, 0.1) is 19.7 Å². The zero-order valence-corrected chi connectivity index (χ0v) is 19.5. The van der Waals surface area contributed by atoms with Crippen LogP contribution >= 0.6 is 0 Å². The largest absolute Gasteiger partial charge is 0.482 e. The Morgan fingerprint density at radius 3 is 1.58 bits per heavy atom. The molecule has 188 valence electrons. The number of hydrogen-bond acceptors (Lipinski definition) is 7. The van der Waals surface area contributed by atoms with Crippen molar-refractivity contribution >= 4 is 36.0 Å². The van der Waals surface area contributed by atoms with Crippen molar-refractivity contribution in [3.63, 3.8) is 0 Å². The van der Waals surface area contributed by atoms with E-state index in [4.69, 9.17) is 24.4 Å². The molecule has 0 atom stereocenters. The fourth-order valence-electron chi connectivity index (χ4n) is 3.40. The molecule has 0 unspecified atom stereocenters. The van der Waals surface area contributed by atoms with Crippen molar-refractivity contribution in [1.82, 2.24) is 4.90 Å². The Hall–Kier alpha value is -4.60. The molecule has 2 aromatic rings. The number of hydrogen-bond donors (Lipinski definition) is 2. The lowest BCUT2D eigenvalue weighted by Gasteiger charge is -2.29. The molecule has 2 N–H and O–H groups in total. The SMILES string of the molecule is CCOC(=O)N1C/C(=C/c2ccc(OCC(=O)O)cc2)C(=O)/C(=C/c2ccc(OCC(=O)O)cc2)C1. The average molecular weight is 495 g/mol. The molecule has 1 heterocycles. The summed E-state index contributed by atoms with van der Waals surface area (Å²) in [5.74, 6) is -1.66.